The van der Waals surface area contributed by atoms with Crippen LogP contribution in [0.15, 0.2) is 24.3 Å². The molecule has 0 unspecified atom stereocenters. The number of nitrogens with one attached hydrogen (secondary N) is 1. The van der Waals surface area contributed by atoms with E-state index in [1.807, 2.05) is 24.3 Å². The molecule has 2 aromatic rings. The van der Waals surface area contributed by atoms with Gasteiger partial charge in [-0.15, -0.1) is 21.5 Å². The molecule has 0 amide bonds. The molecule has 6 heteroatoms. The number of hydrogen-bond acceptors (Lipinski definition) is 5. The molecular weight excluding hydrogens is 244 g/mol. The first kappa shape index (κ1) is 11.3. The number of thiophene rings is 1. The minimum Gasteiger partial charge on any atom is -0.367 e. The fourth-order valence-electron chi connectivity index (χ4n) is 1.21. The Bertz CT molecular complexity index is 454. The first-order valence-electron chi connectivity index (χ1n) is 4.83. The van der Waals surface area contributed by atoms with Crippen molar-refractivity contribution in [2.75, 3.05) is 18.4 Å². The van der Waals surface area contributed by atoms with Gasteiger partial charge in [-0.05, 0) is 24.3 Å². The second-order valence-electron chi connectivity index (χ2n) is 3.12. The van der Waals surface area contributed by atoms with Crippen LogP contribution in [-0.2, 0) is 0 Å². The maximum Gasteiger partial charge on any atom is 0.148 e. The smallest absolute Gasteiger partial charge is 0.148 e. The number of aromatic nitrogens is 2. The zero-order valence-corrected chi connectivity index (χ0v) is 10.1. The molecule has 0 fully saturated rings. The molecule has 3 N–H and O–H groups in total. The molecule has 4 nitrogen and oxygen atoms in total. The van der Waals surface area contributed by atoms with Crippen molar-refractivity contribution >= 4 is 28.8 Å². The van der Waals surface area contributed by atoms with Crippen LogP contribution in [0.2, 0.25) is 4.34 Å². The molecule has 0 saturated carbocycles. The summed E-state index contributed by atoms with van der Waals surface area (Å²) in [6.45, 7) is 1.27. The molecule has 2 heterocycles. The van der Waals surface area contributed by atoms with Gasteiger partial charge in [0.2, 0.25) is 0 Å². The minimum atomic E-state index is 0.573. The van der Waals surface area contributed by atoms with Gasteiger partial charge in [-0.1, -0.05) is 11.6 Å². The fraction of sp³-hybridized carbons (Fsp3) is 0.200. The molecule has 0 aliphatic carbocycles. The first-order valence-corrected chi connectivity index (χ1v) is 6.02. The average molecular weight is 255 g/mol. The van der Waals surface area contributed by atoms with Gasteiger partial charge in [-0.25, -0.2) is 0 Å². The van der Waals surface area contributed by atoms with Crippen LogP contribution in [0.4, 0.5) is 5.82 Å². The number of rotatable bonds is 4. The Morgan fingerprint density at radius 1 is 1.25 bits per heavy atom. The summed E-state index contributed by atoms with van der Waals surface area (Å²) in [5.41, 5.74) is 6.21. The van der Waals surface area contributed by atoms with Crippen LogP contribution in [0.1, 0.15) is 0 Å². The van der Waals surface area contributed by atoms with E-state index in [1.165, 1.54) is 11.3 Å². The Labute approximate surface area is 102 Å². The predicted octanol–water partition coefficient (Wildman–Crippen LogP) is 2.23. The van der Waals surface area contributed by atoms with E-state index in [2.05, 4.69) is 15.5 Å². The third-order valence-corrected chi connectivity index (χ3v) is 3.19. The third-order valence-electron chi connectivity index (χ3n) is 1.94. The summed E-state index contributed by atoms with van der Waals surface area (Å²) in [6.07, 6.45) is 0. The summed E-state index contributed by atoms with van der Waals surface area (Å²) in [5.74, 6) is 0.733. The van der Waals surface area contributed by atoms with E-state index in [0.717, 1.165) is 20.7 Å². The van der Waals surface area contributed by atoms with Gasteiger partial charge >= 0.3 is 0 Å². The zero-order chi connectivity index (χ0) is 11.4. The SMILES string of the molecule is NCCNc1ccc(-c2ccc(Cl)s2)nn1. The summed E-state index contributed by atoms with van der Waals surface area (Å²) in [6, 6.07) is 7.58. The lowest BCUT2D eigenvalue weighted by Crippen LogP contribution is -2.14. The highest BCUT2D eigenvalue weighted by Gasteiger charge is 2.03. The molecule has 0 bridgehead atoms. The second-order valence-corrected chi connectivity index (χ2v) is 4.84. The van der Waals surface area contributed by atoms with Crippen LogP contribution in [0.3, 0.4) is 0 Å². The van der Waals surface area contributed by atoms with Gasteiger partial charge in [0.15, 0.2) is 0 Å². The highest BCUT2D eigenvalue weighted by Crippen LogP contribution is 2.29. The number of nitrogens with zero attached hydrogens (tertiary/aromatic N) is 2. The van der Waals surface area contributed by atoms with Crippen molar-refractivity contribution in [3.05, 3.63) is 28.6 Å². The van der Waals surface area contributed by atoms with Crippen molar-refractivity contribution in [3.8, 4) is 10.6 Å². The van der Waals surface area contributed by atoms with Crippen molar-refractivity contribution < 1.29 is 0 Å². The third kappa shape index (κ3) is 2.69. The van der Waals surface area contributed by atoms with Crippen LogP contribution >= 0.6 is 22.9 Å². The number of nitrogens with two attached hydrogens (primary N) is 1. The quantitative estimate of drug-likeness (QED) is 0.878. The molecular formula is C10H11ClN4S. The Morgan fingerprint density at radius 3 is 2.69 bits per heavy atom. The Balaban J connectivity index is 2.13. The van der Waals surface area contributed by atoms with E-state index < -0.39 is 0 Å². The minimum absolute atomic E-state index is 0.573. The van der Waals surface area contributed by atoms with Crippen molar-refractivity contribution in [1.82, 2.24) is 10.2 Å². The molecule has 84 valence electrons. The van der Waals surface area contributed by atoms with Gasteiger partial charge in [-0.2, -0.15) is 0 Å². The zero-order valence-electron chi connectivity index (χ0n) is 8.48. The summed E-state index contributed by atoms with van der Waals surface area (Å²) >= 11 is 7.34. The van der Waals surface area contributed by atoms with E-state index in [0.29, 0.717) is 13.1 Å². The first-order chi connectivity index (χ1) is 7.79. The Morgan fingerprint density at radius 2 is 2.12 bits per heavy atom. The Hall–Kier alpha value is -1.17. The van der Waals surface area contributed by atoms with Crippen LogP contribution in [0.5, 0.6) is 0 Å². The lowest BCUT2D eigenvalue weighted by Gasteiger charge is -2.02. The monoisotopic (exact) mass is 254 g/mol. The highest BCUT2D eigenvalue weighted by atomic mass is 35.5. The lowest BCUT2D eigenvalue weighted by molar-refractivity contribution is 0.975. The average Bonchev–Trinajstić information content (AvgIpc) is 2.74. The van der Waals surface area contributed by atoms with E-state index in [4.69, 9.17) is 17.3 Å². The molecule has 0 atom stereocenters. The summed E-state index contributed by atoms with van der Waals surface area (Å²) < 4.78 is 0.752. The molecule has 16 heavy (non-hydrogen) atoms. The lowest BCUT2D eigenvalue weighted by atomic mass is 10.3. The molecule has 0 spiro atoms. The van der Waals surface area contributed by atoms with Crippen LogP contribution in [-0.4, -0.2) is 23.3 Å². The molecule has 0 saturated heterocycles. The van der Waals surface area contributed by atoms with E-state index in [-0.39, 0.29) is 0 Å². The highest BCUT2D eigenvalue weighted by molar-refractivity contribution is 7.19. The van der Waals surface area contributed by atoms with Gasteiger partial charge in [0.05, 0.1) is 9.21 Å². The summed E-state index contributed by atoms with van der Waals surface area (Å²) in [4.78, 5) is 1.02. The maximum atomic E-state index is 5.85. The second kappa shape index (κ2) is 5.25. The van der Waals surface area contributed by atoms with Gasteiger partial charge in [0.25, 0.3) is 0 Å². The normalized spacial score (nSPS) is 10.4. The van der Waals surface area contributed by atoms with Gasteiger partial charge in [-0.3, -0.25) is 0 Å². The van der Waals surface area contributed by atoms with E-state index in [9.17, 15) is 0 Å². The predicted molar refractivity (Wildman–Crippen MR) is 67.9 cm³/mol. The molecule has 0 radical (unpaired) electrons. The number of hydrogen-bond donors (Lipinski definition) is 2. The number of halogens is 1. The van der Waals surface area contributed by atoms with Crippen LogP contribution in [0.25, 0.3) is 10.6 Å². The molecule has 0 aromatic carbocycles. The van der Waals surface area contributed by atoms with Crippen molar-refractivity contribution in [2.24, 2.45) is 5.73 Å². The molecule has 0 aliphatic rings. The van der Waals surface area contributed by atoms with Crippen molar-refractivity contribution in [3.63, 3.8) is 0 Å². The van der Waals surface area contributed by atoms with E-state index in [1.54, 1.807) is 0 Å². The van der Waals surface area contributed by atoms with Crippen molar-refractivity contribution in [1.29, 1.82) is 0 Å². The van der Waals surface area contributed by atoms with Gasteiger partial charge in [0, 0.05) is 13.1 Å². The summed E-state index contributed by atoms with van der Waals surface area (Å²) in [7, 11) is 0. The topological polar surface area (TPSA) is 63.8 Å². The molecule has 2 aromatic heterocycles. The Kier molecular flexibility index (Phi) is 3.71. The van der Waals surface area contributed by atoms with Gasteiger partial charge < -0.3 is 11.1 Å². The standard InChI is InChI=1S/C10H11ClN4S/c11-9-3-2-8(16-9)7-1-4-10(15-14-7)13-6-5-12/h1-4H,5-6,12H2,(H,13,15). The molecule has 2 rings (SSSR count). The van der Waals surface area contributed by atoms with Crippen molar-refractivity contribution in [2.45, 2.75) is 0 Å². The summed E-state index contributed by atoms with van der Waals surface area (Å²) in [5, 5.41) is 11.2. The fourth-order valence-corrected chi connectivity index (χ4v) is 2.22. The van der Waals surface area contributed by atoms with Gasteiger partial charge in [0.1, 0.15) is 11.5 Å². The van der Waals surface area contributed by atoms with E-state index >= 15 is 0 Å². The number of anilines is 1. The van der Waals surface area contributed by atoms with Crippen LogP contribution < -0.4 is 11.1 Å². The van der Waals surface area contributed by atoms with Crippen LogP contribution in [0, 0.1) is 0 Å². The molecule has 0 aliphatic heterocycles. The largest absolute Gasteiger partial charge is 0.367 e. The maximum absolute atomic E-state index is 5.85.